The first kappa shape index (κ1) is 20.4. The molecule has 148 valence electrons. The molecule has 28 heavy (non-hydrogen) atoms. The minimum Gasteiger partial charge on any atom is -0.337 e. The van der Waals surface area contributed by atoms with Crippen LogP contribution in [0.15, 0.2) is 61.3 Å². The van der Waals surface area contributed by atoms with Crippen LogP contribution < -0.4 is 5.56 Å². The van der Waals surface area contributed by atoms with E-state index in [-0.39, 0.29) is 22.9 Å². The van der Waals surface area contributed by atoms with Gasteiger partial charge in [-0.1, -0.05) is 47.1 Å². The highest BCUT2D eigenvalue weighted by Crippen LogP contribution is 2.20. The third-order valence-electron chi connectivity index (χ3n) is 4.16. The molecule has 2 heterocycles. The van der Waals surface area contributed by atoms with E-state index >= 15 is 0 Å². The van der Waals surface area contributed by atoms with E-state index in [2.05, 4.69) is 26.1 Å². The Morgan fingerprint density at radius 2 is 1.93 bits per heavy atom. The molecule has 0 unspecified atom stereocenters. The molecule has 0 saturated heterocycles. The number of pyridine rings is 1. The minimum absolute atomic E-state index is 0.0263. The predicted molar refractivity (Wildman–Crippen MR) is 107 cm³/mol. The molecule has 3 aromatic rings. The Morgan fingerprint density at radius 3 is 2.61 bits per heavy atom. The van der Waals surface area contributed by atoms with Gasteiger partial charge < -0.3 is 9.09 Å². The van der Waals surface area contributed by atoms with Crippen LogP contribution in [0.4, 0.5) is 0 Å². The number of sulfonamides is 1. The summed E-state index contributed by atoms with van der Waals surface area (Å²) in [7, 11) is -3.67. The van der Waals surface area contributed by atoms with Crippen molar-refractivity contribution in [3.63, 3.8) is 0 Å². The Hall–Kier alpha value is -2.30. The molecular formula is C18H19BrN4O4S. The van der Waals surface area contributed by atoms with Gasteiger partial charge in [0.1, 0.15) is 6.54 Å². The normalized spacial score (nSPS) is 11.9. The monoisotopic (exact) mass is 466 g/mol. The average molecular weight is 467 g/mol. The largest absolute Gasteiger partial charge is 0.337 e. The fourth-order valence-corrected chi connectivity index (χ4v) is 4.59. The van der Waals surface area contributed by atoms with Gasteiger partial charge in [0.15, 0.2) is 0 Å². The third-order valence-corrected chi connectivity index (χ3v) is 6.68. The van der Waals surface area contributed by atoms with Crippen LogP contribution in [0.2, 0.25) is 0 Å². The van der Waals surface area contributed by atoms with Crippen molar-refractivity contribution in [3.05, 3.63) is 63.3 Å². The van der Waals surface area contributed by atoms with Crippen molar-refractivity contribution in [2.75, 3.05) is 13.1 Å². The van der Waals surface area contributed by atoms with Crippen molar-refractivity contribution in [1.82, 2.24) is 19.0 Å². The summed E-state index contributed by atoms with van der Waals surface area (Å²) in [6.07, 6.45) is 1.30. The van der Waals surface area contributed by atoms with Crippen molar-refractivity contribution in [2.24, 2.45) is 0 Å². The molecule has 3 rings (SSSR count). The molecule has 2 aromatic heterocycles. The molecule has 0 aliphatic rings. The second kappa shape index (κ2) is 8.38. The van der Waals surface area contributed by atoms with Crippen LogP contribution in [0.5, 0.6) is 0 Å². The smallest absolute Gasteiger partial charge is 0.251 e. The molecule has 0 amide bonds. The van der Waals surface area contributed by atoms with Gasteiger partial charge >= 0.3 is 0 Å². The number of nitrogens with zero attached hydrogens (tertiary/aromatic N) is 4. The fraction of sp³-hybridized carbons (Fsp3) is 0.278. The van der Waals surface area contributed by atoms with Crippen molar-refractivity contribution in [2.45, 2.75) is 25.3 Å². The summed E-state index contributed by atoms with van der Waals surface area (Å²) in [5.41, 5.74) is 0.398. The van der Waals surface area contributed by atoms with Crippen LogP contribution >= 0.6 is 15.9 Å². The number of benzene rings is 1. The van der Waals surface area contributed by atoms with Gasteiger partial charge in [-0.2, -0.15) is 9.29 Å². The van der Waals surface area contributed by atoms with Gasteiger partial charge in [-0.15, -0.1) is 0 Å². The maximum Gasteiger partial charge on any atom is 0.251 e. The molecule has 1 aromatic carbocycles. The second-order valence-electron chi connectivity index (χ2n) is 5.94. The molecule has 0 saturated carbocycles. The quantitative estimate of drug-likeness (QED) is 0.530. The molecule has 0 aliphatic heterocycles. The zero-order chi connectivity index (χ0) is 20.3. The Bertz CT molecular complexity index is 1140. The zero-order valence-electron chi connectivity index (χ0n) is 15.4. The van der Waals surface area contributed by atoms with Crippen LogP contribution in [0.3, 0.4) is 0 Å². The van der Waals surface area contributed by atoms with Crippen LogP contribution in [-0.2, 0) is 16.6 Å². The standard InChI is InChI=1S/C18H19BrN4O4S/c1-3-23(4-2)28(25,26)15-8-9-17(24)22(11-15)12-16-20-18(21-27-16)13-6-5-7-14(19)10-13/h5-11H,3-4,12H2,1-2H3. The second-order valence-corrected chi connectivity index (χ2v) is 8.80. The summed E-state index contributed by atoms with van der Waals surface area (Å²) in [5.74, 6) is 0.589. The molecule has 10 heteroatoms. The van der Waals surface area contributed by atoms with Crippen molar-refractivity contribution in [1.29, 1.82) is 0 Å². The molecule has 0 fully saturated rings. The molecular weight excluding hydrogens is 448 g/mol. The Kier molecular flexibility index (Phi) is 6.11. The van der Waals surface area contributed by atoms with Gasteiger partial charge in [-0.3, -0.25) is 4.79 Å². The van der Waals surface area contributed by atoms with Gasteiger partial charge in [-0.05, 0) is 18.2 Å². The summed E-state index contributed by atoms with van der Waals surface area (Å²) < 4.78 is 34.1. The molecule has 0 bridgehead atoms. The van der Waals surface area contributed by atoms with E-state index in [1.807, 2.05) is 24.3 Å². The highest BCUT2D eigenvalue weighted by molar-refractivity contribution is 9.10. The molecule has 0 radical (unpaired) electrons. The van der Waals surface area contributed by atoms with Gasteiger partial charge in [0.2, 0.25) is 21.7 Å². The topological polar surface area (TPSA) is 98.3 Å². The lowest BCUT2D eigenvalue weighted by Gasteiger charge is -2.18. The SMILES string of the molecule is CCN(CC)S(=O)(=O)c1ccc(=O)n(Cc2nc(-c3cccc(Br)c3)no2)c1. The first-order valence-corrected chi connectivity index (χ1v) is 10.9. The maximum absolute atomic E-state index is 12.7. The number of rotatable bonds is 7. The van der Waals surface area contributed by atoms with Crippen molar-refractivity contribution in [3.8, 4) is 11.4 Å². The van der Waals surface area contributed by atoms with Crippen molar-refractivity contribution >= 4 is 26.0 Å². The van der Waals surface area contributed by atoms with Crippen LogP contribution in [-0.4, -0.2) is 40.5 Å². The summed E-state index contributed by atoms with van der Waals surface area (Å²) in [6.45, 7) is 4.19. The van der Waals surface area contributed by atoms with Gasteiger partial charge in [-0.25, -0.2) is 8.42 Å². The number of halogens is 1. The van der Waals surface area contributed by atoms with E-state index in [4.69, 9.17) is 4.52 Å². The van der Waals surface area contributed by atoms with E-state index in [0.29, 0.717) is 18.9 Å². The number of hydrogen-bond donors (Lipinski definition) is 0. The van der Waals surface area contributed by atoms with Crippen LogP contribution in [0, 0.1) is 0 Å². The fourth-order valence-electron chi connectivity index (χ4n) is 2.71. The number of hydrogen-bond acceptors (Lipinski definition) is 6. The van der Waals surface area contributed by atoms with E-state index in [9.17, 15) is 13.2 Å². The van der Waals surface area contributed by atoms with Gasteiger partial charge in [0.05, 0.1) is 4.90 Å². The van der Waals surface area contributed by atoms with Gasteiger partial charge in [0, 0.05) is 35.4 Å². The zero-order valence-corrected chi connectivity index (χ0v) is 17.8. The first-order valence-electron chi connectivity index (χ1n) is 8.64. The molecule has 0 aliphatic carbocycles. The third kappa shape index (κ3) is 4.23. The minimum atomic E-state index is -3.67. The highest BCUT2D eigenvalue weighted by Gasteiger charge is 2.22. The van der Waals surface area contributed by atoms with E-state index < -0.39 is 10.0 Å². The van der Waals surface area contributed by atoms with Gasteiger partial charge in [0.25, 0.3) is 5.56 Å². The Balaban J connectivity index is 1.90. The van der Waals surface area contributed by atoms with Crippen molar-refractivity contribution < 1.29 is 12.9 Å². The van der Waals surface area contributed by atoms with Crippen LogP contribution in [0.1, 0.15) is 19.7 Å². The van der Waals surface area contributed by atoms with E-state index in [1.54, 1.807) is 13.8 Å². The average Bonchev–Trinajstić information content (AvgIpc) is 3.13. The first-order chi connectivity index (χ1) is 13.3. The lowest BCUT2D eigenvalue weighted by Crippen LogP contribution is -2.32. The van der Waals surface area contributed by atoms with E-state index in [1.165, 1.54) is 27.2 Å². The Labute approximate surface area is 171 Å². The summed E-state index contributed by atoms with van der Waals surface area (Å²) in [6, 6.07) is 9.95. The molecule has 0 spiro atoms. The lowest BCUT2D eigenvalue weighted by molar-refractivity contribution is 0.369. The molecule has 0 N–H and O–H groups in total. The molecule has 0 atom stereocenters. The summed E-state index contributed by atoms with van der Waals surface area (Å²) >= 11 is 3.39. The predicted octanol–water partition coefficient (Wildman–Crippen LogP) is 2.74. The number of aromatic nitrogens is 3. The molecule has 8 nitrogen and oxygen atoms in total. The Morgan fingerprint density at radius 1 is 1.18 bits per heavy atom. The van der Waals surface area contributed by atoms with Crippen LogP contribution in [0.25, 0.3) is 11.4 Å². The highest BCUT2D eigenvalue weighted by atomic mass is 79.9. The maximum atomic E-state index is 12.7. The van der Waals surface area contributed by atoms with E-state index in [0.717, 1.165) is 10.0 Å². The lowest BCUT2D eigenvalue weighted by atomic mass is 10.2. The summed E-state index contributed by atoms with van der Waals surface area (Å²) in [5, 5.41) is 3.93. The summed E-state index contributed by atoms with van der Waals surface area (Å²) in [4.78, 5) is 16.5.